The predicted molar refractivity (Wildman–Crippen MR) is 93.5 cm³/mol. The number of aliphatic hydroxyl groups excluding tert-OH is 1. The fraction of sp³-hybridized carbons (Fsp3) is 0.632. The largest absolute Gasteiger partial charge is 0.392 e. The molecule has 128 valence electrons. The van der Waals surface area contributed by atoms with E-state index in [9.17, 15) is 9.90 Å². The second kappa shape index (κ2) is 8.46. The van der Waals surface area contributed by atoms with E-state index in [1.54, 1.807) is 0 Å². The maximum atomic E-state index is 12.4. The first-order chi connectivity index (χ1) is 11.1. The maximum Gasteiger partial charge on any atom is 0.239 e. The van der Waals surface area contributed by atoms with E-state index in [1.165, 1.54) is 11.1 Å². The van der Waals surface area contributed by atoms with Gasteiger partial charge in [-0.15, -0.1) is 0 Å². The first-order valence-corrected chi connectivity index (χ1v) is 8.91. The lowest BCUT2D eigenvalue weighted by molar-refractivity contribution is -0.134. The van der Waals surface area contributed by atoms with Crippen molar-refractivity contribution in [2.45, 2.75) is 58.1 Å². The second-order valence-electron chi connectivity index (χ2n) is 6.31. The number of carbonyl (C=O) groups is 1. The number of hydrogen-bond acceptors (Lipinski definition) is 3. The van der Waals surface area contributed by atoms with Gasteiger partial charge in [-0.25, -0.2) is 0 Å². The van der Waals surface area contributed by atoms with Gasteiger partial charge in [0, 0.05) is 19.6 Å². The monoisotopic (exact) mass is 318 g/mol. The van der Waals surface area contributed by atoms with Crippen LogP contribution in [-0.2, 0) is 4.79 Å². The molecule has 0 unspecified atom stereocenters. The molecule has 23 heavy (non-hydrogen) atoms. The van der Waals surface area contributed by atoms with Crippen LogP contribution in [0.25, 0.3) is 0 Å². The molecule has 1 amide bonds. The highest BCUT2D eigenvalue weighted by Crippen LogP contribution is 2.30. The molecule has 4 heteroatoms. The van der Waals surface area contributed by atoms with Gasteiger partial charge in [0.25, 0.3) is 0 Å². The molecular weight excluding hydrogens is 288 g/mol. The van der Waals surface area contributed by atoms with E-state index in [-0.39, 0.29) is 18.1 Å². The number of amides is 1. The van der Waals surface area contributed by atoms with Gasteiger partial charge in [0.05, 0.1) is 12.1 Å². The van der Waals surface area contributed by atoms with Crippen LogP contribution in [0, 0.1) is 6.92 Å². The number of benzene rings is 1. The molecule has 0 aromatic heterocycles. The number of aryl methyl sites for hydroxylation is 1. The summed E-state index contributed by atoms with van der Waals surface area (Å²) in [4.78, 5) is 14.4. The summed E-state index contributed by atoms with van der Waals surface area (Å²) in [5.74, 6) is 0.729. The fourth-order valence-corrected chi connectivity index (χ4v) is 3.58. The molecule has 2 aliphatic heterocycles. The molecule has 1 aromatic rings. The third kappa shape index (κ3) is 4.33. The Morgan fingerprint density at radius 3 is 2.43 bits per heavy atom. The van der Waals surface area contributed by atoms with Gasteiger partial charge in [0.15, 0.2) is 0 Å². The standard InChI is InChI=1S/C17H24N2O2.C2H6/c1-12-4-2-3-5-15(12)13-6-8-19(9-7-13)17(21)16-10-14(20)11-18-16;1-2/h2-5,13-14,16,18,20H,6-11H2,1H3;1-2H3/t14-,16-;/m1./s1. The van der Waals surface area contributed by atoms with Crippen LogP contribution in [0.15, 0.2) is 24.3 Å². The van der Waals surface area contributed by atoms with E-state index >= 15 is 0 Å². The van der Waals surface area contributed by atoms with Gasteiger partial charge in [0.1, 0.15) is 0 Å². The molecule has 0 aliphatic carbocycles. The number of nitrogens with one attached hydrogen (secondary N) is 1. The molecule has 0 spiro atoms. The van der Waals surface area contributed by atoms with Crippen LogP contribution in [0.2, 0.25) is 0 Å². The molecule has 0 saturated carbocycles. The summed E-state index contributed by atoms with van der Waals surface area (Å²) in [5, 5.41) is 12.6. The summed E-state index contributed by atoms with van der Waals surface area (Å²) in [6.45, 7) is 8.35. The highest BCUT2D eigenvalue weighted by molar-refractivity contribution is 5.82. The van der Waals surface area contributed by atoms with Gasteiger partial charge < -0.3 is 15.3 Å². The summed E-state index contributed by atoms with van der Waals surface area (Å²) in [5.41, 5.74) is 2.78. The Labute approximate surface area is 139 Å². The average Bonchev–Trinajstić information content (AvgIpc) is 3.03. The normalized spacial score (nSPS) is 25.0. The van der Waals surface area contributed by atoms with Gasteiger partial charge >= 0.3 is 0 Å². The Hall–Kier alpha value is -1.39. The summed E-state index contributed by atoms with van der Waals surface area (Å²) in [6.07, 6.45) is 2.25. The molecule has 4 nitrogen and oxygen atoms in total. The van der Waals surface area contributed by atoms with Crippen LogP contribution in [0.3, 0.4) is 0 Å². The summed E-state index contributed by atoms with van der Waals surface area (Å²) in [6, 6.07) is 8.37. The van der Waals surface area contributed by atoms with Crippen molar-refractivity contribution < 1.29 is 9.90 Å². The van der Waals surface area contributed by atoms with Gasteiger partial charge in [-0.2, -0.15) is 0 Å². The molecule has 0 radical (unpaired) electrons. The van der Waals surface area contributed by atoms with Gasteiger partial charge in [-0.1, -0.05) is 38.1 Å². The SMILES string of the molecule is CC.Cc1ccccc1C1CCN(C(=O)[C@H]2C[C@@H](O)CN2)CC1. The van der Waals surface area contributed by atoms with E-state index < -0.39 is 0 Å². The third-order valence-corrected chi connectivity index (χ3v) is 4.84. The Morgan fingerprint density at radius 2 is 1.87 bits per heavy atom. The zero-order valence-electron chi connectivity index (χ0n) is 14.6. The van der Waals surface area contributed by atoms with Crippen molar-refractivity contribution in [2.24, 2.45) is 0 Å². The molecule has 0 bridgehead atoms. The third-order valence-electron chi connectivity index (χ3n) is 4.84. The van der Waals surface area contributed by atoms with E-state index in [2.05, 4.69) is 36.5 Å². The van der Waals surface area contributed by atoms with Crippen LogP contribution in [0.5, 0.6) is 0 Å². The Bertz CT molecular complexity index is 510. The molecular formula is C19H30N2O2. The number of aliphatic hydroxyl groups is 1. The lowest BCUT2D eigenvalue weighted by Crippen LogP contribution is -2.46. The summed E-state index contributed by atoms with van der Waals surface area (Å²) in [7, 11) is 0. The van der Waals surface area contributed by atoms with Gasteiger partial charge in [-0.05, 0) is 43.2 Å². The number of nitrogens with zero attached hydrogens (tertiary/aromatic N) is 1. The number of hydrogen-bond donors (Lipinski definition) is 2. The number of β-amino-alcohol motifs (C(OH)–C–C–N with tert-alkyl or cyclic N) is 1. The lowest BCUT2D eigenvalue weighted by atomic mass is 9.87. The highest BCUT2D eigenvalue weighted by atomic mass is 16.3. The van der Waals surface area contributed by atoms with Crippen LogP contribution in [0.4, 0.5) is 0 Å². The summed E-state index contributed by atoms with van der Waals surface area (Å²) >= 11 is 0. The zero-order valence-corrected chi connectivity index (χ0v) is 14.6. The Kier molecular flexibility index (Phi) is 6.60. The Morgan fingerprint density at radius 1 is 1.22 bits per heavy atom. The predicted octanol–water partition coefficient (Wildman–Crippen LogP) is 2.45. The molecule has 2 saturated heterocycles. The molecule has 2 N–H and O–H groups in total. The molecule has 2 aliphatic rings. The molecule has 1 aromatic carbocycles. The fourth-order valence-electron chi connectivity index (χ4n) is 3.58. The molecule has 3 rings (SSSR count). The second-order valence-corrected chi connectivity index (χ2v) is 6.31. The van der Waals surface area contributed by atoms with E-state index in [0.717, 1.165) is 25.9 Å². The zero-order chi connectivity index (χ0) is 16.8. The van der Waals surface area contributed by atoms with Crippen molar-refractivity contribution in [1.29, 1.82) is 0 Å². The average molecular weight is 318 g/mol. The van der Waals surface area contributed by atoms with Crippen LogP contribution >= 0.6 is 0 Å². The van der Waals surface area contributed by atoms with Crippen molar-refractivity contribution in [1.82, 2.24) is 10.2 Å². The topological polar surface area (TPSA) is 52.6 Å². The summed E-state index contributed by atoms with van der Waals surface area (Å²) < 4.78 is 0. The van der Waals surface area contributed by atoms with Crippen molar-refractivity contribution in [3.05, 3.63) is 35.4 Å². The van der Waals surface area contributed by atoms with E-state index in [1.807, 2.05) is 18.7 Å². The van der Waals surface area contributed by atoms with E-state index in [0.29, 0.717) is 18.9 Å². The number of likely N-dealkylation sites (tertiary alicyclic amines) is 1. The van der Waals surface area contributed by atoms with Gasteiger partial charge in [-0.3, -0.25) is 4.79 Å². The van der Waals surface area contributed by atoms with Crippen LogP contribution in [0.1, 0.15) is 50.2 Å². The molecule has 2 heterocycles. The van der Waals surface area contributed by atoms with Crippen molar-refractivity contribution in [2.75, 3.05) is 19.6 Å². The van der Waals surface area contributed by atoms with Crippen LogP contribution < -0.4 is 5.32 Å². The minimum atomic E-state index is -0.372. The van der Waals surface area contributed by atoms with Crippen molar-refractivity contribution in [3.8, 4) is 0 Å². The minimum Gasteiger partial charge on any atom is -0.392 e. The lowest BCUT2D eigenvalue weighted by Gasteiger charge is -2.34. The van der Waals surface area contributed by atoms with Gasteiger partial charge in [0.2, 0.25) is 5.91 Å². The molecule has 2 atom stereocenters. The van der Waals surface area contributed by atoms with E-state index in [4.69, 9.17) is 0 Å². The smallest absolute Gasteiger partial charge is 0.239 e. The molecule has 2 fully saturated rings. The first-order valence-electron chi connectivity index (χ1n) is 8.91. The van der Waals surface area contributed by atoms with Crippen molar-refractivity contribution >= 4 is 5.91 Å². The van der Waals surface area contributed by atoms with Crippen molar-refractivity contribution in [3.63, 3.8) is 0 Å². The number of piperidine rings is 1. The number of carbonyl (C=O) groups excluding carboxylic acids is 1. The Balaban J connectivity index is 0.000000924. The number of rotatable bonds is 2. The highest BCUT2D eigenvalue weighted by Gasteiger charge is 2.33. The quantitative estimate of drug-likeness (QED) is 0.881. The maximum absolute atomic E-state index is 12.4. The first kappa shape index (κ1) is 18.0. The van der Waals surface area contributed by atoms with Crippen LogP contribution in [-0.4, -0.2) is 47.7 Å². The minimum absolute atomic E-state index is 0.162.